The number of benzene rings is 3. The number of nitrogens with one attached hydrogen (secondary N) is 1. The van der Waals surface area contributed by atoms with Crippen molar-refractivity contribution in [1.29, 1.82) is 0 Å². The van der Waals surface area contributed by atoms with Crippen molar-refractivity contribution >= 4 is 84.0 Å². The van der Waals surface area contributed by atoms with Crippen LogP contribution in [0.1, 0.15) is 11.1 Å². The molecule has 1 aliphatic rings. The third-order valence-electron chi connectivity index (χ3n) is 4.90. The molecule has 0 aromatic heterocycles. The van der Waals surface area contributed by atoms with E-state index in [0.717, 1.165) is 21.8 Å². The van der Waals surface area contributed by atoms with Crippen molar-refractivity contribution in [3.05, 3.63) is 96.7 Å². The second-order valence-corrected chi connectivity index (χ2v) is 10.5. The van der Waals surface area contributed by atoms with Gasteiger partial charge in [-0.15, -0.1) is 0 Å². The molecule has 0 bridgehead atoms. The van der Waals surface area contributed by atoms with Gasteiger partial charge in [-0.2, -0.15) is 0 Å². The number of halogens is 3. The van der Waals surface area contributed by atoms with Crippen molar-refractivity contribution in [2.75, 3.05) is 11.9 Å². The maximum absolute atomic E-state index is 12.8. The Labute approximate surface area is 227 Å². The number of ether oxygens (including phenoxy) is 1. The highest BCUT2D eigenvalue weighted by Gasteiger charge is 2.35. The molecule has 4 rings (SSSR count). The Balaban J connectivity index is 1.39. The number of hydrogen-bond acceptors (Lipinski definition) is 5. The summed E-state index contributed by atoms with van der Waals surface area (Å²) in [5.74, 6) is -0.191. The summed E-state index contributed by atoms with van der Waals surface area (Å²) in [5, 5.41) is 2.99. The molecule has 35 heavy (non-hydrogen) atoms. The Morgan fingerprint density at radius 1 is 1.03 bits per heavy atom. The molecule has 0 unspecified atom stereocenters. The molecular formula is C25H17Br2ClN2O4S. The lowest BCUT2D eigenvalue weighted by atomic mass is 10.2. The Bertz CT molecular complexity index is 1330. The van der Waals surface area contributed by atoms with Crippen molar-refractivity contribution in [2.45, 2.75) is 6.54 Å². The highest BCUT2D eigenvalue weighted by molar-refractivity contribution is 9.10. The predicted octanol–water partition coefficient (Wildman–Crippen LogP) is 7.12. The van der Waals surface area contributed by atoms with E-state index in [0.29, 0.717) is 31.4 Å². The van der Waals surface area contributed by atoms with Crippen LogP contribution in [0, 0.1) is 0 Å². The van der Waals surface area contributed by atoms with Gasteiger partial charge in [0.15, 0.2) is 6.61 Å². The molecule has 1 aliphatic heterocycles. The first kappa shape index (κ1) is 25.5. The zero-order valence-corrected chi connectivity index (χ0v) is 22.7. The molecule has 3 aromatic rings. The summed E-state index contributed by atoms with van der Waals surface area (Å²) in [4.78, 5) is 39.0. The summed E-state index contributed by atoms with van der Waals surface area (Å²) in [5.41, 5.74) is 2.17. The SMILES string of the molecule is O=C(COc1ccc(/C=C2\SC(=O)N(Cc3ccccc3Br)C2=O)cc1Br)Nc1ccc(Cl)cc1. The molecule has 1 fully saturated rings. The molecular weight excluding hydrogens is 620 g/mol. The van der Waals surface area contributed by atoms with Crippen LogP contribution in [-0.4, -0.2) is 28.6 Å². The predicted molar refractivity (Wildman–Crippen MR) is 145 cm³/mol. The van der Waals surface area contributed by atoms with Crippen LogP contribution in [0.3, 0.4) is 0 Å². The molecule has 0 aliphatic carbocycles. The average Bonchev–Trinajstić information content (AvgIpc) is 3.08. The van der Waals surface area contributed by atoms with Crippen LogP contribution >= 0.6 is 55.2 Å². The van der Waals surface area contributed by atoms with Crippen molar-refractivity contribution in [2.24, 2.45) is 0 Å². The first-order valence-corrected chi connectivity index (χ1v) is 13.0. The number of nitrogens with zero attached hydrogens (tertiary/aromatic N) is 1. The third-order valence-corrected chi connectivity index (χ3v) is 7.45. The first-order valence-electron chi connectivity index (χ1n) is 10.3. The summed E-state index contributed by atoms with van der Waals surface area (Å²) < 4.78 is 7.05. The monoisotopic (exact) mass is 634 g/mol. The van der Waals surface area contributed by atoms with E-state index >= 15 is 0 Å². The maximum Gasteiger partial charge on any atom is 0.293 e. The summed E-state index contributed by atoms with van der Waals surface area (Å²) in [6.07, 6.45) is 1.66. The lowest BCUT2D eigenvalue weighted by Crippen LogP contribution is -2.27. The van der Waals surface area contributed by atoms with Gasteiger partial charge in [0.25, 0.3) is 17.1 Å². The normalized spacial score (nSPS) is 14.5. The van der Waals surface area contributed by atoms with Crippen molar-refractivity contribution in [1.82, 2.24) is 4.90 Å². The lowest BCUT2D eigenvalue weighted by Gasteiger charge is -2.13. The Hall–Kier alpha value is -2.59. The minimum absolute atomic E-state index is 0.186. The fourth-order valence-corrected chi connectivity index (χ4v) is 5.07. The van der Waals surface area contributed by atoms with E-state index in [9.17, 15) is 14.4 Å². The maximum atomic E-state index is 12.8. The van der Waals surface area contributed by atoms with E-state index in [1.165, 1.54) is 4.90 Å². The van der Waals surface area contributed by atoms with E-state index < -0.39 is 0 Å². The van der Waals surface area contributed by atoms with Gasteiger partial charge in [-0.05, 0) is 87.4 Å². The summed E-state index contributed by atoms with van der Waals surface area (Å²) in [6, 6.07) is 19.4. The molecule has 178 valence electrons. The molecule has 1 N–H and O–H groups in total. The molecule has 0 saturated carbocycles. The molecule has 1 saturated heterocycles. The van der Waals surface area contributed by atoms with Crippen LogP contribution in [-0.2, 0) is 16.1 Å². The van der Waals surface area contributed by atoms with E-state index in [1.807, 2.05) is 24.3 Å². The van der Waals surface area contributed by atoms with E-state index in [4.69, 9.17) is 16.3 Å². The average molecular weight is 637 g/mol. The van der Waals surface area contributed by atoms with Crippen molar-refractivity contribution < 1.29 is 19.1 Å². The highest BCUT2D eigenvalue weighted by atomic mass is 79.9. The Morgan fingerprint density at radius 3 is 2.49 bits per heavy atom. The second kappa shape index (κ2) is 11.4. The highest BCUT2D eigenvalue weighted by Crippen LogP contribution is 2.35. The molecule has 6 nitrogen and oxygen atoms in total. The molecule has 3 aromatic carbocycles. The van der Waals surface area contributed by atoms with Crippen LogP contribution in [0.4, 0.5) is 10.5 Å². The zero-order chi connectivity index (χ0) is 24.9. The number of carbonyl (C=O) groups excluding carboxylic acids is 3. The fourth-order valence-electron chi connectivity index (χ4n) is 3.18. The Kier molecular flexibility index (Phi) is 8.33. The summed E-state index contributed by atoms with van der Waals surface area (Å²) in [7, 11) is 0. The molecule has 3 amide bonds. The van der Waals surface area contributed by atoms with E-state index in [2.05, 4.69) is 37.2 Å². The summed E-state index contributed by atoms with van der Waals surface area (Å²) in [6.45, 7) is 0.00644. The van der Waals surface area contributed by atoms with Crippen molar-refractivity contribution in [3.8, 4) is 5.75 Å². The Morgan fingerprint density at radius 2 is 1.77 bits per heavy atom. The number of anilines is 1. The van der Waals surface area contributed by atoms with Gasteiger partial charge in [-0.25, -0.2) is 0 Å². The third kappa shape index (κ3) is 6.55. The molecule has 10 heteroatoms. The van der Waals surface area contributed by atoms with Gasteiger partial charge < -0.3 is 10.1 Å². The zero-order valence-electron chi connectivity index (χ0n) is 18.0. The largest absolute Gasteiger partial charge is 0.483 e. The standard InChI is InChI=1S/C25H17Br2ClN2O4S/c26-19-4-2-1-3-16(19)13-30-24(32)22(35-25(30)33)12-15-5-10-21(20(27)11-15)34-14-23(31)29-18-8-6-17(28)7-9-18/h1-12H,13-14H2,(H,29,31)/b22-12-. The molecule has 0 radical (unpaired) electrons. The van der Waals surface area contributed by atoms with Gasteiger partial charge in [-0.3, -0.25) is 19.3 Å². The van der Waals surface area contributed by atoms with Gasteiger partial charge in [0.05, 0.1) is 15.9 Å². The van der Waals surface area contributed by atoms with Gasteiger partial charge in [0.2, 0.25) is 0 Å². The van der Waals surface area contributed by atoms with Gasteiger partial charge in [0.1, 0.15) is 5.75 Å². The lowest BCUT2D eigenvalue weighted by molar-refractivity contribution is -0.123. The van der Waals surface area contributed by atoms with Crippen LogP contribution in [0.15, 0.2) is 80.6 Å². The first-order chi connectivity index (χ1) is 16.8. The van der Waals surface area contributed by atoms with E-state index in [1.54, 1.807) is 48.5 Å². The number of thioether (sulfide) groups is 1. The number of hydrogen-bond donors (Lipinski definition) is 1. The summed E-state index contributed by atoms with van der Waals surface area (Å²) >= 11 is 13.6. The number of amides is 3. The van der Waals surface area contributed by atoms with Crippen LogP contribution < -0.4 is 10.1 Å². The van der Waals surface area contributed by atoms with E-state index in [-0.39, 0.29) is 30.2 Å². The minimum Gasteiger partial charge on any atom is -0.483 e. The number of rotatable bonds is 7. The van der Waals surface area contributed by atoms with Gasteiger partial charge in [0, 0.05) is 15.2 Å². The van der Waals surface area contributed by atoms with Crippen LogP contribution in [0.5, 0.6) is 5.75 Å². The van der Waals surface area contributed by atoms with Crippen LogP contribution in [0.2, 0.25) is 5.02 Å². The minimum atomic E-state index is -0.342. The molecule has 1 heterocycles. The number of carbonyl (C=O) groups is 3. The fraction of sp³-hybridized carbons (Fsp3) is 0.0800. The second-order valence-electron chi connectivity index (χ2n) is 7.39. The van der Waals surface area contributed by atoms with Crippen molar-refractivity contribution in [3.63, 3.8) is 0 Å². The smallest absolute Gasteiger partial charge is 0.293 e. The van der Waals surface area contributed by atoms with Gasteiger partial charge in [-0.1, -0.05) is 51.8 Å². The van der Waals surface area contributed by atoms with Crippen LogP contribution in [0.25, 0.3) is 6.08 Å². The quantitative estimate of drug-likeness (QED) is 0.280. The molecule has 0 spiro atoms. The molecule has 0 atom stereocenters. The topological polar surface area (TPSA) is 75.7 Å². The van der Waals surface area contributed by atoms with Gasteiger partial charge >= 0.3 is 0 Å². The number of imide groups is 1.